The summed E-state index contributed by atoms with van der Waals surface area (Å²) in [7, 11) is 1.26. The number of aromatic nitrogens is 2. The summed E-state index contributed by atoms with van der Waals surface area (Å²) in [5, 5.41) is 5.46. The minimum atomic E-state index is -0.637. The molecule has 2 amide bonds. The zero-order chi connectivity index (χ0) is 22.9. The fourth-order valence-electron chi connectivity index (χ4n) is 3.20. The van der Waals surface area contributed by atoms with Crippen molar-refractivity contribution in [1.29, 1.82) is 0 Å². The Balaban J connectivity index is 1.64. The van der Waals surface area contributed by atoms with Crippen LogP contribution in [-0.2, 0) is 16.1 Å². The Morgan fingerprint density at radius 3 is 2.31 bits per heavy atom. The molecule has 0 unspecified atom stereocenters. The topological polar surface area (TPSA) is 99.4 Å². The molecule has 1 aromatic heterocycles. The number of methoxy groups -OCH3 is 1. The molecule has 0 aliphatic carbocycles. The van der Waals surface area contributed by atoms with E-state index in [1.807, 2.05) is 31.2 Å². The Kier molecular flexibility index (Phi) is 7.64. The Labute approximate surface area is 187 Å². The zero-order valence-electron chi connectivity index (χ0n) is 18.2. The summed E-state index contributed by atoms with van der Waals surface area (Å²) in [6.45, 7) is 6.23. The van der Waals surface area contributed by atoms with Crippen molar-refractivity contribution in [2.45, 2.75) is 13.5 Å². The van der Waals surface area contributed by atoms with Crippen LogP contribution in [0.4, 0.5) is 10.5 Å². The lowest BCUT2D eigenvalue weighted by Gasteiger charge is -2.19. The van der Waals surface area contributed by atoms with Gasteiger partial charge < -0.3 is 25.3 Å². The second-order valence-electron chi connectivity index (χ2n) is 7.00. The van der Waals surface area contributed by atoms with Crippen LogP contribution in [0, 0.1) is 0 Å². The quantitative estimate of drug-likeness (QED) is 0.474. The van der Waals surface area contributed by atoms with E-state index in [1.165, 1.54) is 7.11 Å². The summed E-state index contributed by atoms with van der Waals surface area (Å²) in [4.78, 5) is 32.8. The summed E-state index contributed by atoms with van der Waals surface area (Å²) in [5.74, 6) is 0.456. The molecule has 0 aliphatic heterocycles. The van der Waals surface area contributed by atoms with Gasteiger partial charge in [0.15, 0.2) is 0 Å². The molecule has 32 heavy (non-hydrogen) atoms. The first-order valence-corrected chi connectivity index (χ1v) is 10.3. The number of rotatable bonds is 9. The van der Waals surface area contributed by atoms with Crippen molar-refractivity contribution in [3.8, 4) is 22.4 Å². The fourth-order valence-corrected chi connectivity index (χ4v) is 3.20. The number of nitrogens with one attached hydrogen (secondary N) is 3. The molecule has 8 heteroatoms. The highest BCUT2D eigenvalue weighted by Crippen LogP contribution is 2.25. The third-order valence-electron chi connectivity index (χ3n) is 4.96. The van der Waals surface area contributed by atoms with E-state index >= 15 is 0 Å². The number of amides is 2. The molecule has 2 aromatic carbocycles. The van der Waals surface area contributed by atoms with Crippen LogP contribution in [0.3, 0.4) is 0 Å². The third kappa shape index (κ3) is 5.75. The summed E-state index contributed by atoms with van der Waals surface area (Å²) in [6.07, 6.45) is 2.77. The molecule has 0 radical (unpaired) electrons. The van der Waals surface area contributed by atoms with Crippen LogP contribution < -0.4 is 10.6 Å². The summed E-state index contributed by atoms with van der Waals surface area (Å²) in [6, 6.07) is 16.3. The van der Waals surface area contributed by atoms with Crippen LogP contribution in [0.15, 0.2) is 67.5 Å². The second-order valence-corrected chi connectivity index (χ2v) is 7.00. The van der Waals surface area contributed by atoms with Crippen LogP contribution in [0.25, 0.3) is 22.4 Å². The number of H-pyrrole nitrogens is 1. The SMILES string of the molecule is C=CNc1ccc(-c2ccc(-c3cnc(CN(CC)C(=O)CNC(=O)OC)[nH]3)cc2)cc1. The summed E-state index contributed by atoms with van der Waals surface area (Å²) >= 11 is 0. The van der Waals surface area contributed by atoms with Gasteiger partial charge in [0.05, 0.1) is 25.5 Å². The Bertz CT molecular complexity index is 1060. The van der Waals surface area contributed by atoms with Crippen molar-refractivity contribution in [3.05, 3.63) is 73.3 Å². The van der Waals surface area contributed by atoms with E-state index in [0.717, 1.165) is 28.1 Å². The highest BCUT2D eigenvalue weighted by atomic mass is 16.5. The molecule has 0 saturated heterocycles. The summed E-state index contributed by atoms with van der Waals surface area (Å²) < 4.78 is 4.49. The smallest absolute Gasteiger partial charge is 0.407 e. The molecule has 3 aromatic rings. The van der Waals surface area contributed by atoms with Gasteiger partial charge in [-0.15, -0.1) is 0 Å². The number of benzene rings is 2. The van der Waals surface area contributed by atoms with Crippen molar-refractivity contribution in [1.82, 2.24) is 20.2 Å². The average Bonchev–Trinajstić information content (AvgIpc) is 3.30. The van der Waals surface area contributed by atoms with Crippen LogP contribution in [0.2, 0.25) is 0 Å². The first-order chi connectivity index (χ1) is 15.5. The highest BCUT2D eigenvalue weighted by molar-refractivity contribution is 5.82. The van der Waals surface area contributed by atoms with Crippen molar-refractivity contribution in [2.24, 2.45) is 0 Å². The number of nitrogens with zero attached hydrogens (tertiary/aromatic N) is 2. The van der Waals surface area contributed by atoms with Gasteiger partial charge in [-0.2, -0.15) is 0 Å². The van der Waals surface area contributed by atoms with E-state index < -0.39 is 6.09 Å². The lowest BCUT2D eigenvalue weighted by atomic mass is 10.0. The lowest BCUT2D eigenvalue weighted by molar-refractivity contribution is -0.130. The van der Waals surface area contributed by atoms with Crippen molar-refractivity contribution in [2.75, 3.05) is 25.5 Å². The molecule has 0 bridgehead atoms. The van der Waals surface area contributed by atoms with E-state index in [1.54, 1.807) is 17.3 Å². The van der Waals surface area contributed by atoms with Crippen LogP contribution in [0.1, 0.15) is 12.7 Å². The number of hydrogen-bond donors (Lipinski definition) is 3. The largest absolute Gasteiger partial charge is 0.453 e. The second kappa shape index (κ2) is 10.8. The van der Waals surface area contributed by atoms with Crippen LogP contribution >= 0.6 is 0 Å². The van der Waals surface area contributed by atoms with E-state index in [9.17, 15) is 9.59 Å². The first kappa shape index (κ1) is 22.6. The lowest BCUT2D eigenvalue weighted by Crippen LogP contribution is -2.39. The van der Waals surface area contributed by atoms with E-state index in [4.69, 9.17) is 0 Å². The van der Waals surface area contributed by atoms with Gasteiger partial charge in [-0.05, 0) is 41.9 Å². The van der Waals surface area contributed by atoms with E-state index in [-0.39, 0.29) is 12.5 Å². The van der Waals surface area contributed by atoms with Gasteiger partial charge in [0.25, 0.3) is 0 Å². The predicted molar refractivity (Wildman–Crippen MR) is 125 cm³/mol. The van der Waals surface area contributed by atoms with Gasteiger partial charge in [0, 0.05) is 12.2 Å². The zero-order valence-corrected chi connectivity index (χ0v) is 18.2. The molecule has 0 fully saturated rings. The number of carbonyl (C=O) groups excluding carboxylic acids is 2. The number of carbonyl (C=O) groups is 2. The normalized spacial score (nSPS) is 10.3. The number of ether oxygens (including phenoxy) is 1. The van der Waals surface area contributed by atoms with Crippen molar-refractivity contribution >= 4 is 17.7 Å². The molecule has 0 saturated carbocycles. The molecular formula is C24H27N5O3. The number of likely N-dealkylation sites (N-methyl/N-ethyl adjacent to an activating group) is 1. The molecule has 0 aliphatic rings. The molecule has 0 spiro atoms. The molecule has 8 nitrogen and oxygen atoms in total. The molecule has 1 heterocycles. The minimum Gasteiger partial charge on any atom is -0.453 e. The monoisotopic (exact) mass is 433 g/mol. The standard InChI is InChI=1S/C24H27N5O3/c1-4-25-20-12-10-18(11-13-20)17-6-8-19(9-7-17)21-14-26-22(28-21)16-29(5-2)23(30)15-27-24(31)32-3/h4,6-14,25H,1,5,15-16H2,2-3H3,(H,26,28)(H,27,31). The number of imidazole rings is 1. The van der Waals surface area contributed by atoms with Crippen molar-refractivity contribution in [3.63, 3.8) is 0 Å². The van der Waals surface area contributed by atoms with Gasteiger partial charge in [0.2, 0.25) is 5.91 Å². The summed E-state index contributed by atoms with van der Waals surface area (Å²) in [5.41, 5.74) is 5.09. The third-order valence-corrected chi connectivity index (χ3v) is 4.96. The molecule has 166 valence electrons. The number of aromatic amines is 1. The average molecular weight is 434 g/mol. The van der Waals surface area contributed by atoms with Crippen molar-refractivity contribution < 1.29 is 14.3 Å². The van der Waals surface area contributed by atoms with Gasteiger partial charge in [-0.1, -0.05) is 43.0 Å². The first-order valence-electron chi connectivity index (χ1n) is 10.3. The number of anilines is 1. The number of hydrogen-bond acceptors (Lipinski definition) is 5. The van der Waals surface area contributed by atoms with Crippen LogP contribution in [-0.4, -0.2) is 47.1 Å². The maximum atomic E-state index is 12.3. The van der Waals surface area contributed by atoms with E-state index in [0.29, 0.717) is 18.9 Å². The highest BCUT2D eigenvalue weighted by Gasteiger charge is 2.15. The minimum absolute atomic E-state index is 0.125. The fraction of sp³-hybridized carbons (Fsp3) is 0.208. The Hall–Kier alpha value is -4.07. The molecule has 3 rings (SSSR count). The van der Waals surface area contributed by atoms with Gasteiger partial charge in [-0.3, -0.25) is 4.79 Å². The van der Waals surface area contributed by atoms with Crippen LogP contribution in [0.5, 0.6) is 0 Å². The van der Waals surface area contributed by atoms with Gasteiger partial charge in [0.1, 0.15) is 12.4 Å². The molecular weight excluding hydrogens is 406 g/mol. The Morgan fingerprint density at radius 1 is 1.09 bits per heavy atom. The predicted octanol–water partition coefficient (Wildman–Crippen LogP) is 4.00. The van der Waals surface area contributed by atoms with Gasteiger partial charge >= 0.3 is 6.09 Å². The van der Waals surface area contributed by atoms with Gasteiger partial charge in [-0.25, -0.2) is 9.78 Å². The number of alkyl carbamates (subject to hydrolysis) is 1. The molecule has 3 N–H and O–H groups in total. The maximum absolute atomic E-state index is 12.3. The maximum Gasteiger partial charge on any atom is 0.407 e. The molecule has 0 atom stereocenters. The Morgan fingerprint density at radius 2 is 1.72 bits per heavy atom. The van der Waals surface area contributed by atoms with E-state index in [2.05, 4.69) is 56.2 Å².